The summed E-state index contributed by atoms with van der Waals surface area (Å²) in [5, 5.41) is 6.04. The van der Waals surface area contributed by atoms with Crippen LogP contribution >= 0.6 is 0 Å². The van der Waals surface area contributed by atoms with E-state index in [2.05, 4.69) is 10.5 Å². The van der Waals surface area contributed by atoms with E-state index >= 15 is 0 Å². The van der Waals surface area contributed by atoms with Crippen LogP contribution in [0, 0.1) is 6.92 Å². The molecule has 0 aliphatic carbocycles. The molecule has 0 saturated carbocycles. The Morgan fingerprint density at radius 1 is 1.03 bits per heavy atom. The minimum Gasteiger partial charge on any atom is -0.452 e. The molecule has 1 aromatic heterocycles. The maximum Gasteiger partial charge on any atom is 0.338 e. The van der Waals surface area contributed by atoms with Gasteiger partial charge in [-0.3, -0.25) is 19.7 Å². The number of aryl methyl sites for hydroxylation is 1. The van der Waals surface area contributed by atoms with Gasteiger partial charge in [-0.15, -0.1) is 0 Å². The third kappa shape index (κ3) is 3.55. The number of nitrogens with one attached hydrogen (secondary N) is 1. The largest absolute Gasteiger partial charge is 0.452 e. The van der Waals surface area contributed by atoms with Crippen molar-refractivity contribution >= 4 is 35.3 Å². The molecule has 2 heterocycles. The summed E-state index contributed by atoms with van der Waals surface area (Å²) in [6, 6.07) is 13.8. The Balaban J connectivity index is 1.39. The van der Waals surface area contributed by atoms with Crippen molar-refractivity contribution in [3.63, 3.8) is 0 Å². The highest BCUT2D eigenvalue weighted by Gasteiger charge is 2.36. The topological polar surface area (TPSA) is 119 Å². The van der Waals surface area contributed by atoms with Crippen molar-refractivity contribution in [3.8, 4) is 0 Å². The molecule has 0 atom stereocenters. The first-order valence-corrected chi connectivity index (χ1v) is 8.92. The molecule has 1 N–H and O–H groups in total. The number of fused-ring (bicyclic) bond motifs is 1. The van der Waals surface area contributed by atoms with E-state index in [0.717, 1.165) is 4.90 Å². The van der Waals surface area contributed by atoms with E-state index in [4.69, 9.17) is 9.26 Å². The zero-order valence-corrected chi connectivity index (χ0v) is 15.7. The van der Waals surface area contributed by atoms with Crippen LogP contribution in [0.3, 0.4) is 0 Å². The number of esters is 1. The summed E-state index contributed by atoms with van der Waals surface area (Å²) in [5.74, 6) is -2.01. The summed E-state index contributed by atoms with van der Waals surface area (Å²) in [6.45, 7) is 1.18. The first-order chi connectivity index (χ1) is 14.4. The standard InChI is InChI=1S/C21H15N3O6/c1-12-10-18(30-23-12)22-17(25)11-29-21(28)13-6-8-14(9-7-13)24-19(26)15-4-2-3-5-16(15)20(24)27/h2-10H,11H2,1H3,(H,22,25). The van der Waals surface area contributed by atoms with E-state index < -0.39 is 30.3 Å². The van der Waals surface area contributed by atoms with Crippen LogP contribution in [-0.2, 0) is 9.53 Å². The first-order valence-electron chi connectivity index (χ1n) is 8.92. The molecule has 2 aromatic carbocycles. The fraction of sp³-hybridized carbons (Fsp3) is 0.0952. The Kier molecular flexibility index (Phi) is 4.85. The van der Waals surface area contributed by atoms with E-state index in [1.54, 1.807) is 31.2 Å². The highest BCUT2D eigenvalue weighted by molar-refractivity contribution is 6.34. The predicted octanol–water partition coefficient (Wildman–Crippen LogP) is 2.58. The summed E-state index contributed by atoms with van der Waals surface area (Å²) in [7, 11) is 0. The normalized spacial score (nSPS) is 12.6. The smallest absolute Gasteiger partial charge is 0.338 e. The van der Waals surface area contributed by atoms with Gasteiger partial charge in [-0.25, -0.2) is 9.69 Å². The second kappa shape index (κ2) is 7.63. The van der Waals surface area contributed by atoms with Gasteiger partial charge in [-0.2, -0.15) is 0 Å². The molecule has 9 heteroatoms. The quantitative estimate of drug-likeness (QED) is 0.512. The van der Waals surface area contributed by atoms with Crippen molar-refractivity contribution in [1.29, 1.82) is 0 Å². The number of carbonyl (C=O) groups excluding carboxylic acids is 4. The lowest BCUT2D eigenvalue weighted by molar-refractivity contribution is -0.119. The SMILES string of the molecule is Cc1cc(NC(=O)COC(=O)c2ccc(N3C(=O)c4ccccc4C3=O)cc2)on1. The zero-order valence-electron chi connectivity index (χ0n) is 15.7. The molecular formula is C21H15N3O6. The molecule has 0 radical (unpaired) electrons. The maximum absolute atomic E-state index is 12.5. The summed E-state index contributed by atoms with van der Waals surface area (Å²) >= 11 is 0. The van der Waals surface area contributed by atoms with E-state index in [1.807, 2.05) is 0 Å². The minimum atomic E-state index is -0.729. The van der Waals surface area contributed by atoms with Crippen molar-refractivity contribution in [2.24, 2.45) is 0 Å². The van der Waals surface area contributed by atoms with Crippen LogP contribution in [0.25, 0.3) is 0 Å². The Morgan fingerprint density at radius 3 is 2.23 bits per heavy atom. The van der Waals surface area contributed by atoms with Crippen molar-refractivity contribution in [2.45, 2.75) is 6.92 Å². The Bertz CT molecular complexity index is 1130. The Morgan fingerprint density at radius 2 is 1.67 bits per heavy atom. The molecule has 3 aromatic rings. The third-order valence-corrected chi connectivity index (χ3v) is 4.38. The molecular weight excluding hydrogens is 390 g/mol. The van der Waals surface area contributed by atoms with Gasteiger partial charge in [-0.05, 0) is 43.3 Å². The maximum atomic E-state index is 12.5. The van der Waals surface area contributed by atoms with E-state index in [0.29, 0.717) is 22.5 Å². The number of imide groups is 1. The summed E-state index contributed by atoms with van der Waals surface area (Å²) in [5.41, 5.74) is 1.76. The third-order valence-electron chi connectivity index (χ3n) is 4.38. The second-order valence-corrected chi connectivity index (χ2v) is 6.50. The van der Waals surface area contributed by atoms with Gasteiger partial charge in [0.05, 0.1) is 28.1 Å². The zero-order chi connectivity index (χ0) is 21.3. The van der Waals surface area contributed by atoms with Crippen LogP contribution in [0.15, 0.2) is 59.1 Å². The lowest BCUT2D eigenvalue weighted by Gasteiger charge is -2.14. The first kappa shape index (κ1) is 19.1. The van der Waals surface area contributed by atoms with Gasteiger partial charge in [0.15, 0.2) is 6.61 Å². The molecule has 1 aliphatic rings. The van der Waals surface area contributed by atoms with Gasteiger partial charge in [0.2, 0.25) is 5.88 Å². The van der Waals surface area contributed by atoms with E-state index in [1.165, 1.54) is 30.3 Å². The molecule has 150 valence electrons. The fourth-order valence-corrected chi connectivity index (χ4v) is 2.98. The monoisotopic (exact) mass is 405 g/mol. The van der Waals surface area contributed by atoms with Crippen LogP contribution in [0.4, 0.5) is 11.6 Å². The van der Waals surface area contributed by atoms with Gasteiger partial charge >= 0.3 is 5.97 Å². The van der Waals surface area contributed by atoms with Crippen LogP contribution in [0.5, 0.6) is 0 Å². The number of aromatic nitrogens is 1. The highest BCUT2D eigenvalue weighted by atomic mass is 16.5. The molecule has 0 fully saturated rings. The molecule has 0 saturated heterocycles. The number of benzene rings is 2. The molecule has 3 amide bonds. The van der Waals surface area contributed by atoms with Gasteiger partial charge < -0.3 is 9.26 Å². The van der Waals surface area contributed by atoms with E-state index in [9.17, 15) is 19.2 Å². The molecule has 1 aliphatic heterocycles. The fourth-order valence-electron chi connectivity index (χ4n) is 2.98. The number of hydrogen-bond acceptors (Lipinski definition) is 7. The molecule has 9 nitrogen and oxygen atoms in total. The average Bonchev–Trinajstić information content (AvgIpc) is 3.27. The summed E-state index contributed by atoms with van der Waals surface area (Å²) < 4.78 is 9.81. The number of nitrogens with zero attached hydrogens (tertiary/aromatic N) is 2. The van der Waals surface area contributed by atoms with Gasteiger partial charge in [0, 0.05) is 6.07 Å². The number of hydrogen-bond donors (Lipinski definition) is 1. The number of rotatable bonds is 5. The number of ether oxygens (including phenoxy) is 1. The average molecular weight is 405 g/mol. The molecule has 0 spiro atoms. The predicted molar refractivity (Wildman–Crippen MR) is 104 cm³/mol. The van der Waals surface area contributed by atoms with Crippen molar-refractivity contribution in [2.75, 3.05) is 16.8 Å². The van der Waals surface area contributed by atoms with Crippen LogP contribution in [0.1, 0.15) is 36.8 Å². The number of amides is 3. The van der Waals surface area contributed by atoms with Crippen LogP contribution < -0.4 is 10.2 Å². The second-order valence-electron chi connectivity index (χ2n) is 6.50. The minimum absolute atomic E-state index is 0.152. The molecule has 0 bridgehead atoms. The van der Waals surface area contributed by atoms with E-state index in [-0.39, 0.29) is 11.4 Å². The van der Waals surface area contributed by atoms with Gasteiger partial charge in [0.25, 0.3) is 17.7 Å². The van der Waals surface area contributed by atoms with Gasteiger partial charge in [0.1, 0.15) is 0 Å². The Hall–Kier alpha value is -4.27. The lowest BCUT2D eigenvalue weighted by atomic mass is 10.1. The van der Waals surface area contributed by atoms with Crippen LogP contribution in [-0.4, -0.2) is 35.5 Å². The molecule has 30 heavy (non-hydrogen) atoms. The van der Waals surface area contributed by atoms with Crippen molar-refractivity contribution < 1.29 is 28.4 Å². The summed E-state index contributed by atoms with van der Waals surface area (Å²) in [6.07, 6.45) is 0. The lowest BCUT2D eigenvalue weighted by Crippen LogP contribution is -2.29. The van der Waals surface area contributed by atoms with Crippen molar-refractivity contribution in [3.05, 3.63) is 77.0 Å². The number of carbonyl (C=O) groups is 4. The number of anilines is 2. The Labute approximate surface area is 170 Å². The van der Waals surface area contributed by atoms with Gasteiger partial charge in [-0.1, -0.05) is 17.3 Å². The van der Waals surface area contributed by atoms with Crippen molar-refractivity contribution in [1.82, 2.24) is 5.16 Å². The highest BCUT2D eigenvalue weighted by Crippen LogP contribution is 2.28. The molecule has 0 unspecified atom stereocenters. The summed E-state index contributed by atoms with van der Waals surface area (Å²) in [4.78, 5) is 50.0. The molecule has 4 rings (SSSR count). The van der Waals surface area contributed by atoms with Crippen LogP contribution in [0.2, 0.25) is 0 Å².